The van der Waals surface area contributed by atoms with Crippen molar-refractivity contribution in [1.29, 1.82) is 0 Å². The molecular formula is C13H12N4O2. The van der Waals surface area contributed by atoms with Crippen LogP contribution in [0.1, 0.15) is 0 Å². The fraction of sp³-hybridized carbons (Fsp3) is 0.0769. The second-order valence-corrected chi connectivity index (χ2v) is 4.12. The van der Waals surface area contributed by atoms with Gasteiger partial charge < -0.3 is 10.5 Å². The van der Waals surface area contributed by atoms with E-state index >= 15 is 0 Å². The van der Waals surface area contributed by atoms with Crippen LogP contribution in [0, 0.1) is 0 Å². The van der Waals surface area contributed by atoms with Gasteiger partial charge in [0.05, 0.1) is 12.8 Å². The maximum atomic E-state index is 11.9. The summed E-state index contributed by atoms with van der Waals surface area (Å²) in [6, 6.07) is 10.5. The molecule has 0 unspecified atom stereocenters. The lowest BCUT2D eigenvalue weighted by Crippen LogP contribution is -2.14. The Morgan fingerprint density at radius 3 is 2.95 bits per heavy atom. The third kappa shape index (κ3) is 1.93. The second-order valence-electron chi connectivity index (χ2n) is 4.12. The van der Waals surface area contributed by atoms with Gasteiger partial charge in [-0.3, -0.25) is 9.89 Å². The molecule has 6 nitrogen and oxygen atoms in total. The SMILES string of the molecule is COc1cccc(-c2cc(=O)n3[nH]c(N)cc3n2)c1. The van der Waals surface area contributed by atoms with Crippen molar-refractivity contribution in [3.8, 4) is 17.0 Å². The zero-order valence-electron chi connectivity index (χ0n) is 10.3. The molecule has 0 aliphatic carbocycles. The van der Waals surface area contributed by atoms with Crippen molar-refractivity contribution >= 4 is 11.5 Å². The summed E-state index contributed by atoms with van der Waals surface area (Å²) in [6.45, 7) is 0. The van der Waals surface area contributed by atoms with E-state index in [1.807, 2.05) is 24.3 Å². The van der Waals surface area contributed by atoms with E-state index < -0.39 is 0 Å². The predicted molar refractivity (Wildman–Crippen MR) is 72.2 cm³/mol. The number of nitrogen functional groups attached to an aromatic ring is 1. The number of aromatic nitrogens is 3. The van der Waals surface area contributed by atoms with E-state index in [4.69, 9.17) is 10.5 Å². The number of hydrogen-bond donors (Lipinski definition) is 2. The first-order chi connectivity index (χ1) is 9.17. The predicted octanol–water partition coefficient (Wildman–Crippen LogP) is 1.28. The quantitative estimate of drug-likeness (QED) is 0.723. The van der Waals surface area contributed by atoms with Crippen molar-refractivity contribution in [1.82, 2.24) is 14.6 Å². The maximum Gasteiger partial charge on any atom is 0.273 e. The standard InChI is InChI=1S/C13H12N4O2/c1-19-9-4-2-3-8(5-9)10-6-13(18)17-12(15-10)7-11(14)16-17/h2-7,16H,14H2,1H3. The van der Waals surface area contributed by atoms with Crippen LogP contribution in [-0.4, -0.2) is 21.7 Å². The summed E-state index contributed by atoms with van der Waals surface area (Å²) >= 11 is 0. The van der Waals surface area contributed by atoms with Gasteiger partial charge in [-0.15, -0.1) is 0 Å². The van der Waals surface area contributed by atoms with Crippen LogP contribution in [0.4, 0.5) is 5.82 Å². The lowest BCUT2D eigenvalue weighted by molar-refractivity contribution is 0.415. The summed E-state index contributed by atoms with van der Waals surface area (Å²) in [6.07, 6.45) is 0. The maximum absolute atomic E-state index is 11.9. The van der Waals surface area contributed by atoms with Crippen LogP contribution in [0.25, 0.3) is 16.9 Å². The molecule has 0 aliphatic rings. The molecule has 0 atom stereocenters. The van der Waals surface area contributed by atoms with Crippen LogP contribution in [-0.2, 0) is 0 Å². The number of aromatic amines is 1. The second kappa shape index (κ2) is 4.16. The lowest BCUT2D eigenvalue weighted by Gasteiger charge is -2.04. The van der Waals surface area contributed by atoms with Gasteiger partial charge in [0.2, 0.25) is 0 Å². The largest absolute Gasteiger partial charge is 0.497 e. The van der Waals surface area contributed by atoms with E-state index in [-0.39, 0.29) is 5.56 Å². The van der Waals surface area contributed by atoms with Crippen LogP contribution < -0.4 is 16.0 Å². The van der Waals surface area contributed by atoms with Crippen molar-refractivity contribution in [3.05, 3.63) is 46.8 Å². The van der Waals surface area contributed by atoms with E-state index in [1.54, 1.807) is 13.2 Å². The van der Waals surface area contributed by atoms with Crippen molar-refractivity contribution in [2.45, 2.75) is 0 Å². The Hall–Kier alpha value is -2.76. The van der Waals surface area contributed by atoms with E-state index in [0.29, 0.717) is 22.9 Å². The van der Waals surface area contributed by atoms with E-state index in [9.17, 15) is 4.79 Å². The van der Waals surface area contributed by atoms with Crippen molar-refractivity contribution in [2.75, 3.05) is 12.8 Å². The third-order valence-corrected chi connectivity index (χ3v) is 2.84. The number of fused-ring (bicyclic) bond motifs is 1. The van der Waals surface area contributed by atoms with Gasteiger partial charge in [-0.05, 0) is 12.1 Å². The summed E-state index contributed by atoms with van der Waals surface area (Å²) in [4.78, 5) is 16.3. The van der Waals surface area contributed by atoms with Gasteiger partial charge in [-0.1, -0.05) is 12.1 Å². The molecule has 3 rings (SSSR count). The Labute approximate surface area is 108 Å². The summed E-state index contributed by atoms with van der Waals surface area (Å²) in [5, 5.41) is 2.72. The van der Waals surface area contributed by atoms with Gasteiger partial charge in [0.15, 0.2) is 5.65 Å². The van der Waals surface area contributed by atoms with Gasteiger partial charge in [-0.2, -0.15) is 4.52 Å². The van der Waals surface area contributed by atoms with Gasteiger partial charge in [0.1, 0.15) is 11.6 Å². The highest BCUT2D eigenvalue weighted by atomic mass is 16.5. The van der Waals surface area contributed by atoms with Gasteiger partial charge in [0, 0.05) is 17.7 Å². The molecule has 96 valence electrons. The van der Waals surface area contributed by atoms with Crippen LogP contribution >= 0.6 is 0 Å². The Morgan fingerprint density at radius 1 is 1.32 bits per heavy atom. The van der Waals surface area contributed by atoms with Crippen LogP contribution in [0.2, 0.25) is 0 Å². The van der Waals surface area contributed by atoms with E-state index in [1.165, 1.54) is 10.6 Å². The lowest BCUT2D eigenvalue weighted by atomic mass is 10.1. The molecule has 0 spiro atoms. The number of rotatable bonds is 2. The van der Waals surface area contributed by atoms with Gasteiger partial charge in [0.25, 0.3) is 5.56 Å². The van der Waals surface area contributed by atoms with Crippen LogP contribution in [0.15, 0.2) is 41.2 Å². The highest BCUT2D eigenvalue weighted by Gasteiger charge is 2.07. The molecule has 1 aromatic carbocycles. The highest BCUT2D eigenvalue weighted by Crippen LogP contribution is 2.21. The van der Waals surface area contributed by atoms with Crippen LogP contribution in [0.5, 0.6) is 5.75 Å². The van der Waals surface area contributed by atoms with Crippen LogP contribution in [0.3, 0.4) is 0 Å². The Bertz CT molecular complexity index is 804. The molecule has 19 heavy (non-hydrogen) atoms. The van der Waals surface area contributed by atoms with Crippen molar-refractivity contribution < 1.29 is 4.74 Å². The first-order valence-electron chi connectivity index (χ1n) is 5.70. The number of nitrogens with zero attached hydrogens (tertiary/aromatic N) is 2. The average molecular weight is 256 g/mol. The molecule has 6 heteroatoms. The molecule has 3 N–H and O–H groups in total. The summed E-state index contributed by atoms with van der Waals surface area (Å²) in [5.41, 5.74) is 7.30. The molecule has 0 aliphatic heterocycles. The minimum Gasteiger partial charge on any atom is -0.497 e. The summed E-state index contributed by atoms with van der Waals surface area (Å²) in [5.74, 6) is 1.11. The zero-order chi connectivity index (χ0) is 13.4. The first-order valence-corrected chi connectivity index (χ1v) is 5.70. The summed E-state index contributed by atoms with van der Waals surface area (Å²) < 4.78 is 6.47. The minimum absolute atomic E-state index is 0.209. The number of anilines is 1. The zero-order valence-corrected chi connectivity index (χ0v) is 10.3. The first kappa shape index (κ1) is 11.3. The van der Waals surface area contributed by atoms with E-state index in [0.717, 1.165) is 5.56 Å². The molecule has 0 fully saturated rings. The topological polar surface area (TPSA) is 85.4 Å². The number of H-pyrrole nitrogens is 1. The number of nitrogens with one attached hydrogen (secondary N) is 1. The fourth-order valence-electron chi connectivity index (χ4n) is 1.94. The molecule has 2 aromatic heterocycles. The molecule has 2 heterocycles. The Morgan fingerprint density at radius 2 is 2.16 bits per heavy atom. The molecule has 0 saturated heterocycles. The minimum atomic E-state index is -0.209. The average Bonchev–Trinajstić information content (AvgIpc) is 2.80. The monoisotopic (exact) mass is 256 g/mol. The molecular weight excluding hydrogens is 244 g/mol. The number of hydrogen-bond acceptors (Lipinski definition) is 4. The molecule has 0 amide bonds. The number of benzene rings is 1. The van der Waals surface area contributed by atoms with Gasteiger partial charge >= 0.3 is 0 Å². The number of methoxy groups -OCH3 is 1. The molecule has 0 saturated carbocycles. The number of ether oxygens (including phenoxy) is 1. The normalized spacial score (nSPS) is 10.8. The Balaban J connectivity index is 2.21. The number of nitrogens with two attached hydrogens (primary N) is 1. The highest BCUT2D eigenvalue weighted by molar-refractivity contribution is 5.64. The summed E-state index contributed by atoms with van der Waals surface area (Å²) in [7, 11) is 1.59. The third-order valence-electron chi connectivity index (χ3n) is 2.84. The van der Waals surface area contributed by atoms with E-state index in [2.05, 4.69) is 10.1 Å². The smallest absolute Gasteiger partial charge is 0.273 e. The molecule has 3 aromatic rings. The fourth-order valence-corrected chi connectivity index (χ4v) is 1.94. The van der Waals surface area contributed by atoms with Crippen molar-refractivity contribution in [3.63, 3.8) is 0 Å². The molecule has 0 radical (unpaired) electrons. The molecule has 0 bridgehead atoms. The Kier molecular flexibility index (Phi) is 2.49. The van der Waals surface area contributed by atoms with Crippen molar-refractivity contribution in [2.24, 2.45) is 0 Å². The van der Waals surface area contributed by atoms with Gasteiger partial charge in [-0.25, -0.2) is 4.98 Å².